The highest BCUT2D eigenvalue weighted by Crippen LogP contribution is 2.38. The van der Waals surface area contributed by atoms with E-state index in [0.29, 0.717) is 0 Å². The van der Waals surface area contributed by atoms with E-state index < -0.39 is 0 Å². The number of halogens is 1. The second kappa shape index (κ2) is 8.23. The first kappa shape index (κ1) is 19.3. The predicted octanol–water partition coefficient (Wildman–Crippen LogP) is 5.26. The lowest BCUT2D eigenvalue weighted by Crippen LogP contribution is -2.05. The van der Waals surface area contributed by atoms with Gasteiger partial charge in [0.1, 0.15) is 16.5 Å². The molecule has 0 bridgehead atoms. The monoisotopic (exact) mass is 428 g/mol. The highest BCUT2D eigenvalue weighted by atomic mass is 32.2. The van der Waals surface area contributed by atoms with E-state index >= 15 is 0 Å². The highest BCUT2D eigenvalue weighted by molar-refractivity contribution is 7.99. The minimum atomic E-state index is -0.279. The maximum Gasteiger partial charge on any atom is 0.169 e. The topological polar surface area (TPSA) is 69.4 Å². The number of hydrogen-bond acceptors (Lipinski definition) is 6. The third-order valence-electron chi connectivity index (χ3n) is 4.92. The molecule has 1 unspecified atom stereocenters. The van der Waals surface area contributed by atoms with Gasteiger partial charge in [-0.05, 0) is 53.7 Å². The van der Waals surface area contributed by atoms with Crippen molar-refractivity contribution in [3.63, 3.8) is 0 Å². The number of nitrogens with zero attached hydrogens (tertiary/aromatic N) is 6. The lowest BCUT2D eigenvalue weighted by atomic mass is 10.1. The molecule has 3 aromatic carbocycles. The maximum absolute atomic E-state index is 13.4. The number of tetrazole rings is 1. The fraction of sp³-hybridized carbons (Fsp3) is 0.0870. The van der Waals surface area contributed by atoms with Crippen molar-refractivity contribution in [1.82, 2.24) is 30.4 Å². The molecular weight excluding hydrogens is 411 g/mol. The van der Waals surface area contributed by atoms with Crippen LogP contribution in [0.25, 0.3) is 27.7 Å². The molecule has 8 heteroatoms. The van der Waals surface area contributed by atoms with Crippen LogP contribution < -0.4 is 0 Å². The second-order valence-corrected chi connectivity index (χ2v) is 8.28. The molecule has 152 valence electrons. The summed E-state index contributed by atoms with van der Waals surface area (Å²) in [5, 5.41) is 23.9. The maximum atomic E-state index is 13.4. The summed E-state index contributed by atoms with van der Waals surface area (Å²) in [6.07, 6.45) is 0. The Bertz CT molecular complexity index is 1340. The smallest absolute Gasteiger partial charge is 0.169 e. The standard InChI is InChI=1S/C23H17FN6S/c1-15(22-26-28-29-30(22)18-7-3-2-4-8-18)31-23-20-10-6-5-9-19(20)21(25-27-23)16-11-13-17(24)14-12-16/h2-15H,1H3. The van der Waals surface area contributed by atoms with Gasteiger partial charge < -0.3 is 0 Å². The van der Waals surface area contributed by atoms with Gasteiger partial charge in [-0.1, -0.05) is 54.2 Å². The molecule has 0 saturated heterocycles. The number of benzene rings is 3. The lowest BCUT2D eigenvalue weighted by molar-refractivity contribution is 0.628. The fourth-order valence-corrected chi connectivity index (χ4v) is 4.39. The first-order valence-corrected chi connectivity index (χ1v) is 10.6. The Labute approximate surface area is 182 Å². The normalized spacial score (nSPS) is 12.2. The number of rotatable bonds is 5. The van der Waals surface area contributed by atoms with E-state index in [1.165, 1.54) is 12.1 Å². The van der Waals surface area contributed by atoms with E-state index in [1.807, 2.05) is 61.5 Å². The Kier molecular flexibility index (Phi) is 5.13. The summed E-state index contributed by atoms with van der Waals surface area (Å²) in [5.74, 6) is 0.447. The van der Waals surface area contributed by atoms with Gasteiger partial charge in [-0.3, -0.25) is 0 Å². The summed E-state index contributed by atoms with van der Waals surface area (Å²) < 4.78 is 15.1. The van der Waals surface area contributed by atoms with Gasteiger partial charge in [0.15, 0.2) is 5.82 Å². The third-order valence-corrected chi connectivity index (χ3v) is 6.01. The summed E-state index contributed by atoms with van der Waals surface area (Å²) >= 11 is 1.55. The van der Waals surface area contributed by atoms with Gasteiger partial charge in [0.2, 0.25) is 0 Å². The molecule has 0 saturated carbocycles. The van der Waals surface area contributed by atoms with E-state index in [1.54, 1.807) is 28.6 Å². The quantitative estimate of drug-likeness (QED) is 0.356. The summed E-state index contributed by atoms with van der Waals surface area (Å²) in [6.45, 7) is 2.04. The number of aromatic nitrogens is 6. The Hall–Kier alpha value is -3.65. The fourth-order valence-electron chi connectivity index (χ4n) is 3.41. The number of fused-ring (bicyclic) bond motifs is 1. The minimum absolute atomic E-state index is 0.0652. The van der Waals surface area contributed by atoms with E-state index in [0.717, 1.165) is 38.6 Å². The van der Waals surface area contributed by atoms with Crippen LogP contribution in [-0.4, -0.2) is 30.4 Å². The van der Waals surface area contributed by atoms with Gasteiger partial charge in [-0.2, -0.15) is 4.68 Å². The van der Waals surface area contributed by atoms with Crippen LogP contribution in [-0.2, 0) is 0 Å². The second-order valence-electron chi connectivity index (χ2n) is 6.95. The molecule has 2 aromatic heterocycles. The average Bonchev–Trinajstić information content (AvgIpc) is 3.31. The van der Waals surface area contributed by atoms with Crippen LogP contribution in [0.15, 0.2) is 83.9 Å². The van der Waals surface area contributed by atoms with Crippen LogP contribution in [0.2, 0.25) is 0 Å². The Morgan fingerprint density at radius 1 is 0.806 bits per heavy atom. The van der Waals surface area contributed by atoms with Crippen molar-refractivity contribution in [3.05, 3.63) is 90.5 Å². The van der Waals surface area contributed by atoms with Crippen molar-refractivity contribution in [3.8, 4) is 16.9 Å². The molecule has 0 aliphatic heterocycles. The van der Waals surface area contributed by atoms with Gasteiger partial charge in [0.25, 0.3) is 0 Å². The van der Waals surface area contributed by atoms with Gasteiger partial charge in [-0.15, -0.1) is 15.3 Å². The van der Waals surface area contributed by atoms with Crippen molar-refractivity contribution in [2.24, 2.45) is 0 Å². The molecule has 5 rings (SSSR count). The summed E-state index contributed by atoms with van der Waals surface area (Å²) in [4.78, 5) is 0. The zero-order valence-electron chi connectivity index (χ0n) is 16.6. The summed E-state index contributed by atoms with van der Waals surface area (Å²) in [5.41, 5.74) is 2.45. The first-order valence-electron chi connectivity index (χ1n) is 9.72. The van der Waals surface area contributed by atoms with Crippen molar-refractivity contribution in [2.75, 3.05) is 0 Å². The molecular formula is C23H17FN6S. The van der Waals surface area contributed by atoms with E-state index in [4.69, 9.17) is 0 Å². The molecule has 0 fully saturated rings. The van der Waals surface area contributed by atoms with Crippen molar-refractivity contribution >= 4 is 22.5 Å². The molecule has 0 aliphatic rings. The lowest BCUT2D eigenvalue weighted by Gasteiger charge is -2.13. The van der Waals surface area contributed by atoms with Gasteiger partial charge >= 0.3 is 0 Å². The van der Waals surface area contributed by atoms with Crippen LogP contribution in [0.3, 0.4) is 0 Å². The molecule has 6 nitrogen and oxygen atoms in total. The highest BCUT2D eigenvalue weighted by Gasteiger charge is 2.20. The molecule has 0 spiro atoms. The molecule has 31 heavy (non-hydrogen) atoms. The predicted molar refractivity (Wildman–Crippen MR) is 118 cm³/mol. The number of hydrogen-bond donors (Lipinski definition) is 0. The van der Waals surface area contributed by atoms with Crippen LogP contribution in [0.4, 0.5) is 4.39 Å². The van der Waals surface area contributed by atoms with E-state index in [9.17, 15) is 4.39 Å². The van der Waals surface area contributed by atoms with Gasteiger partial charge in [0, 0.05) is 16.3 Å². The van der Waals surface area contributed by atoms with Crippen LogP contribution in [0, 0.1) is 5.82 Å². The molecule has 1 atom stereocenters. The zero-order chi connectivity index (χ0) is 21.2. The molecule has 5 aromatic rings. The third kappa shape index (κ3) is 3.77. The largest absolute Gasteiger partial charge is 0.207 e. The first-order chi connectivity index (χ1) is 15.2. The Morgan fingerprint density at radius 2 is 1.52 bits per heavy atom. The van der Waals surface area contributed by atoms with Crippen LogP contribution >= 0.6 is 11.8 Å². The van der Waals surface area contributed by atoms with E-state index in [-0.39, 0.29) is 11.1 Å². The summed E-state index contributed by atoms with van der Waals surface area (Å²) in [7, 11) is 0. The average molecular weight is 428 g/mol. The van der Waals surface area contributed by atoms with Crippen LogP contribution in [0.5, 0.6) is 0 Å². The van der Waals surface area contributed by atoms with Gasteiger partial charge in [-0.25, -0.2) is 4.39 Å². The van der Waals surface area contributed by atoms with Crippen LogP contribution in [0.1, 0.15) is 18.0 Å². The zero-order valence-corrected chi connectivity index (χ0v) is 17.4. The van der Waals surface area contributed by atoms with Crippen molar-refractivity contribution < 1.29 is 4.39 Å². The molecule has 0 N–H and O–H groups in total. The number of thioether (sulfide) groups is 1. The van der Waals surface area contributed by atoms with Crippen molar-refractivity contribution in [1.29, 1.82) is 0 Å². The number of para-hydroxylation sites is 1. The summed E-state index contributed by atoms with van der Waals surface area (Å²) in [6, 6.07) is 24.0. The van der Waals surface area contributed by atoms with Crippen molar-refractivity contribution in [2.45, 2.75) is 17.2 Å². The molecule has 0 radical (unpaired) electrons. The van der Waals surface area contributed by atoms with Gasteiger partial charge in [0.05, 0.1) is 10.9 Å². The molecule has 2 heterocycles. The van der Waals surface area contributed by atoms with E-state index in [2.05, 4.69) is 25.7 Å². The molecule has 0 amide bonds. The SMILES string of the molecule is CC(Sc1nnc(-c2ccc(F)cc2)c2ccccc12)c1nnnn1-c1ccccc1. The molecule has 0 aliphatic carbocycles. The minimum Gasteiger partial charge on any atom is -0.207 e. The Balaban J connectivity index is 1.52. The Morgan fingerprint density at radius 3 is 2.29 bits per heavy atom.